The van der Waals surface area contributed by atoms with Crippen LogP contribution in [0, 0.1) is 0 Å². The minimum atomic E-state index is -0.396. The topological polar surface area (TPSA) is 96.9 Å². The minimum Gasteiger partial charge on any atom is -0.507 e. The van der Waals surface area contributed by atoms with E-state index in [1.807, 2.05) is 24.3 Å². The first-order chi connectivity index (χ1) is 15.1. The number of aromatic hydroxyl groups is 1. The van der Waals surface area contributed by atoms with Gasteiger partial charge in [0, 0.05) is 31.4 Å². The summed E-state index contributed by atoms with van der Waals surface area (Å²) in [6, 6.07) is 12.2. The lowest BCUT2D eigenvalue weighted by atomic mass is 9.95. The Morgan fingerprint density at radius 1 is 1.10 bits per heavy atom. The van der Waals surface area contributed by atoms with Crippen molar-refractivity contribution in [2.75, 3.05) is 34.5 Å². The van der Waals surface area contributed by atoms with E-state index < -0.39 is 6.04 Å². The van der Waals surface area contributed by atoms with Crippen molar-refractivity contribution in [3.05, 3.63) is 59.3 Å². The van der Waals surface area contributed by atoms with Crippen molar-refractivity contribution < 1.29 is 24.1 Å². The summed E-state index contributed by atoms with van der Waals surface area (Å²) in [5.74, 6) is 1.15. The van der Waals surface area contributed by atoms with Crippen molar-refractivity contribution in [1.29, 1.82) is 0 Å². The molecule has 0 aliphatic carbocycles. The molecule has 0 saturated carbocycles. The van der Waals surface area contributed by atoms with Crippen molar-refractivity contribution >= 4 is 5.91 Å². The van der Waals surface area contributed by atoms with Gasteiger partial charge in [0.15, 0.2) is 11.5 Å². The number of fused-ring (bicyclic) bond motifs is 1. The number of methoxy groups -OCH3 is 3. The van der Waals surface area contributed by atoms with E-state index in [1.165, 1.54) is 0 Å². The molecule has 1 atom stereocenters. The quantitative estimate of drug-likeness (QED) is 0.539. The van der Waals surface area contributed by atoms with Crippen LogP contribution in [-0.4, -0.2) is 60.6 Å². The summed E-state index contributed by atoms with van der Waals surface area (Å²) in [7, 11) is 4.80. The smallest absolute Gasteiger partial charge is 0.273 e. The van der Waals surface area contributed by atoms with Crippen LogP contribution in [0.3, 0.4) is 0 Å². The van der Waals surface area contributed by atoms with Crippen molar-refractivity contribution in [1.82, 2.24) is 15.1 Å². The SMILES string of the molecule is COCCCN1C(=O)c2[nH]nc(-c3ccccc3O)c2[C@@H]1c1ccc(OC)c(OC)c1. The third kappa shape index (κ3) is 3.59. The zero-order valence-corrected chi connectivity index (χ0v) is 17.7. The van der Waals surface area contributed by atoms with E-state index in [1.54, 1.807) is 44.4 Å². The molecule has 31 heavy (non-hydrogen) atoms. The van der Waals surface area contributed by atoms with Crippen molar-refractivity contribution in [3.63, 3.8) is 0 Å². The maximum Gasteiger partial charge on any atom is 0.273 e. The summed E-state index contributed by atoms with van der Waals surface area (Å²) >= 11 is 0. The maximum absolute atomic E-state index is 13.3. The number of hydrogen-bond donors (Lipinski definition) is 2. The molecule has 1 aliphatic rings. The Hall–Kier alpha value is -3.52. The van der Waals surface area contributed by atoms with Crippen LogP contribution >= 0.6 is 0 Å². The molecule has 4 rings (SSSR count). The van der Waals surface area contributed by atoms with Crippen LogP contribution in [0.2, 0.25) is 0 Å². The number of H-pyrrole nitrogens is 1. The molecule has 1 amide bonds. The second-order valence-electron chi connectivity index (χ2n) is 7.24. The predicted octanol–water partition coefficient (Wildman–Crippen LogP) is 3.38. The maximum atomic E-state index is 13.3. The van der Waals surface area contributed by atoms with Gasteiger partial charge >= 0.3 is 0 Å². The summed E-state index contributed by atoms with van der Waals surface area (Å²) < 4.78 is 16.0. The normalized spacial score (nSPS) is 15.3. The van der Waals surface area contributed by atoms with Crippen LogP contribution in [-0.2, 0) is 4.74 Å². The van der Waals surface area contributed by atoms with E-state index in [9.17, 15) is 9.90 Å². The zero-order valence-electron chi connectivity index (χ0n) is 17.7. The fraction of sp³-hybridized carbons (Fsp3) is 0.304. The lowest BCUT2D eigenvalue weighted by molar-refractivity contribution is 0.0723. The lowest BCUT2D eigenvalue weighted by Crippen LogP contribution is -2.31. The Bertz CT molecular complexity index is 1090. The van der Waals surface area contributed by atoms with E-state index in [0.29, 0.717) is 48.0 Å². The molecular weight excluding hydrogens is 398 g/mol. The highest BCUT2D eigenvalue weighted by Gasteiger charge is 2.42. The van der Waals surface area contributed by atoms with Gasteiger partial charge in [-0.05, 0) is 36.2 Å². The van der Waals surface area contributed by atoms with Gasteiger partial charge in [0.05, 0.1) is 20.3 Å². The van der Waals surface area contributed by atoms with E-state index in [0.717, 1.165) is 11.1 Å². The number of aromatic nitrogens is 2. The fourth-order valence-corrected chi connectivity index (χ4v) is 4.06. The first-order valence-corrected chi connectivity index (χ1v) is 9.99. The van der Waals surface area contributed by atoms with Crippen LogP contribution in [0.15, 0.2) is 42.5 Å². The van der Waals surface area contributed by atoms with Gasteiger partial charge < -0.3 is 24.2 Å². The molecule has 0 bridgehead atoms. The number of rotatable bonds is 8. The molecule has 162 valence electrons. The number of carbonyl (C=O) groups excluding carboxylic acids is 1. The standard InChI is InChI=1S/C23H25N3O5/c1-29-12-6-11-26-22(14-9-10-17(30-2)18(13-14)31-3)19-20(24-25-21(19)23(26)28)15-7-4-5-8-16(15)27/h4-5,7-10,13,22,27H,6,11-12H2,1-3H3,(H,24,25)/t22-/m0/s1. The Morgan fingerprint density at radius 3 is 2.58 bits per heavy atom. The van der Waals surface area contributed by atoms with E-state index >= 15 is 0 Å². The highest BCUT2D eigenvalue weighted by Crippen LogP contribution is 2.45. The van der Waals surface area contributed by atoms with Gasteiger partial charge in [-0.3, -0.25) is 9.89 Å². The highest BCUT2D eigenvalue weighted by molar-refractivity contribution is 6.00. The molecular formula is C23H25N3O5. The number of ether oxygens (including phenoxy) is 3. The Morgan fingerprint density at radius 2 is 1.87 bits per heavy atom. The number of nitrogens with zero attached hydrogens (tertiary/aromatic N) is 2. The average molecular weight is 423 g/mol. The fourth-order valence-electron chi connectivity index (χ4n) is 4.06. The number of nitrogens with one attached hydrogen (secondary N) is 1. The Labute approximate surface area is 180 Å². The molecule has 1 aromatic heterocycles. The van der Waals surface area contributed by atoms with Crippen molar-refractivity contribution in [2.24, 2.45) is 0 Å². The zero-order chi connectivity index (χ0) is 22.0. The van der Waals surface area contributed by atoms with Crippen molar-refractivity contribution in [3.8, 4) is 28.5 Å². The molecule has 8 heteroatoms. The summed E-state index contributed by atoms with van der Waals surface area (Å²) in [5.41, 5.74) is 3.14. The molecule has 2 heterocycles. The largest absolute Gasteiger partial charge is 0.507 e. The third-order valence-corrected chi connectivity index (χ3v) is 5.49. The molecule has 1 aliphatic heterocycles. The molecule has 0 unspecified atom stereocenters. The van der Waals surface area contributed by atoms with E-state index in [-0.39, 0.29) is 11.7 Å². The number of aromatic amines is 1. The monoisotopic (exact) mass is 423 g/mol. The van der Waals surface area contributed by atoms with Gasteiger partial charge in [0.2, 0.25) is 0 Å². The number of phenols is 1. The Kier molecular flexibility index (Phi) is 5.81. The summed E-state index contributed by atoms with van der Waals surface area (Å²) in [5, 5.41) is 17.7. The van der Waals surface area contributed by atoms with Gasteiger partial charge in [-0.15, -0.1) is 0 Å². The molecule has 3 aromatic rings. The van der Waals surface area contributed by atoms with Crippen LogP contribution in [0.5, 0.6) is 17.2 Å². The lowest BCUT2D eigenvalue weighted by Gasteiger charge is -2.27. The summed E-state index contributed by atoms with van der Waals surface area (Å²) in [6.45, 7) is 1.05. The molecule has 2 N–H and O–H groups in total. The molecule has 0 saturated heterocycles. The summed E-state index contributed by atoms with van der Waals surface area (Å²) in [6.07, 6.45) is 0.690. The van der Waals surface area contributed by atoms with Crippen LogP contribution in [0.25, 0.3) is 11.3 Å². The van der Waals surface area contributed by atoms with Gasteiger partial charge in [-0.1, -0.05) is 18.2 Å². The second-order valence-corrected chi connectivity index (χ2v) is 7.24. The molecule has 8 nitrogen and oxygen atoms in total. The number of phenolic OH excluding ortho intramolecular Hbond substituents is 1. The van der Waals surface area contributed by atoms with Crippen molar-refractivity contribution in [2.45, 2.75) is 12.5 Å². The highest BCUT2D eigenvalue weighted by atomic mass is 16.5. The molecule has 2 aromatic carbocycles. The molecule has 0 spiro atoms. The minimum absolute atomic E-state index is 0.105. The first kappa shape index (κ1) is 20.7. The third-order valence-electron chi connectivity index (χ3n) is 5.49. The number of hydrogen-bond acceptors (Lipinski definition) is 6. The predicted molar refractivity (Wildman–Crippen MR) is 115 cm³/mol. The van der Waals surface area contributed by atoms with E-state index in [4.69, 9.17) is 14.2 Å². The molecule has 0 radical (unpaired) electrons. The second kappa shape index (κ2) is 8.69. The van der Waals surface area contributed by atoms with Crippen LogP contribution in [0.1, 0.15) is 34.1 Å². The number of carbonyl (C=O) groups is 1. The Balaban J connectivity index is 1.86. The number of amides is 1. The number of benzene rings is 2. The van der Waals surface area contributed by atoms with E-state index in [2.05, 4.69) is 10.2 Å². The van der Waals surface area contributed by atoms with Gasteiger partial charge in [0.25, 0.3) is 5.91 Å². The van der Waals surface area contributed by atoms with Gasteiger partial charge in [-0.25, -0.2) is 0 Å². The van der Waals surface area contributed by atoms with Gasteiger partial charge in [0.1, 0.15) is 17.1 Å². The average Bonchev–Trinajstić information content (AvgIpc) is 3.33. The van der Waals surface area contributed by atoms with Crippen LogP contribution < -0.4 is 9.47 Å². The van der Waals surface area contributed by atoms with Gasteiger partial charge in [-0.2, -0.15) is 5.10 Å². The summed E-state index contributed by atoms with van der Waals surface area (Å²) in [4.78, 5) is 15.1. The molecule has 0 fully saturated rings. The first-order valence-electron chi connectivity index (χ1n) is 9.99. The van der Waals surface area contributed by atoms with Crippen LogP contribution in [0.4, 0.5) is 0 Å². The number of para-hydroxylation sites is 1.